The number of rotatable bonds is 7. The van der Waals surface area contributed by atoms with E-state index in [1.54, 1.807) is 41.1 Å². The van der Waals surface area contributed by atoms with E-state index in [0.29, 0.717) is 63.4 Å². The van der Waals surface area contributed by atoms with Gasteiger partial charge in [-0.15, -0.1) is 0 Å². The fourth-order valence-electron chi connectivity index (χ4n) is 10.3. The first kappa shape index (κ1) is 55.2. The summed E-state index contributed by atoms with van der Waals surface area (Å²) in [6.07, 6.45) is 12.1. The molecule has 0 aromatic carbocycles. The molecule has 1 amide bonds. The first-order valence-electron chi connectivity index (χ1n) is 24.5. The average molecular weight is 928 g/mol. The quantitative estimate of drug-likeness (QED) is 0.141. The summed E-state index contributed by atoms with van der Waals surface area (Å²) in [7, 11) is 4.53. The second-order valence-corrected chi connectivity index (χ2v) is 19.8. The van der Waals surface area contributed by atoms with Crippen LogP contribution >= 0.6 is 0 Å². The van der Waals surface area contributed by atoms with E-state index >= 15 is 0 Å². The number of hydrogen-bond acceptors (Lipinski definition) is 13. The lowest BCUT2D eigenvalue weighted by Crippen LogP contribution is -2.61. The maximum atomic E-state index is 14.4. The molecule has 0 radical (unpaired) electrons. The highest BCUT2D eigenvalue weighted by atomic mass is 16.6. The third-order valence-electron chi connectivity index (χ3n) is 14.9. The molecule has 14 nitrogen and oxygen atoms in total. The van der Waals surface area contributed by atoms with Crippen molar-refractivity contribution in [3.05, 3.63) is 47.6 Å². The van der Waals surface area contributed by atoms with Gasteiger partial charge in [0, 0.05) is 58.5 Å². The lowest BCUT2D eigenvalue weighted by Gasteiger charge is -2.42. The summed E-state index contributed by atoms with van der Waals surface area (Å²) in [6.45, 7) is 12.8. The number of amides is 1. The van der Waals surface area contributed by atoms with Crippen LogP contribution in [0, 0.1) is 35.5 Å². The SMILES string of the molecule is CC[C@@H]1C=CC=CC=C(C)[C@@H](OC)C[C@@H]2CC[C@@H](C)[C@@](O)(O2)C(=O)C(=O)N2CCCC[C@H]2C(=O)O[C@H]([C@H](C)C[C@@H]2CC[C@@H](O)[C@H](OC)C2)CC(=O)[C@H](C)C=C(C)[C@@H](O)[C@@H](OC)C(=O)[C@H](C)C1. The van der Waals surface area contributed by atoms with Crippen molar-refractivity contribution in [3.8, 4) is 0 Å². The van der Waals surface area contributed by atoms with Crippen molar-refractivity contribution in [2.75, 3.05) is 27.9 Å². The lowest BCUT2D eigenvalue weighted by atomic mass is 9.78. The maximum Gasteiger partial charge on any atom is 0.329 e. The minimum atomic E-state index is -2.43. The average Bonchev–Trinajstić information content (AvgIpc) is 3.30. The number of carbonyl (C=O) groups is 5. The van der Waals surface area contributed by atoms with E-state index in [1.165, 1.54) is 12.0 Å². The normalized spacial score (nSPS) is 37.4. The number of esters is 1. The van der Waals surface area contributed by atoms with E-state index in [-0.39, 0.29) is 54.8 Å². The van der Waals surface area contributed by atoms with Crippen LogP contribution in [-0.4, -0.2) is 132 Å². The van der Waals surface area contributed by atoms with Gasteiger partial charge in [0.05, 0.1) is 24.4 Å². The maximum absolute atomic E-state index is 14.4. The molecule has 0 aromatic heterocycles. The molecular weight excluding hydrogens is 847 g/mol. The molecule has 3 heterocycles. The molecule has 4 aliphatic rings. The monoisotopic (exact) mass is 928 g/mol. The van der Waals surface area contributed by atoms with Crippen molar-refractivity contribution in [2.24, 2.45) is 35.5 Å². The van der Waals surface area contributed by atoms with Crippen molar-refractivity contribution in [2.45, 2.75) is 186 Å². The van der Waals surface area contributed by atoms with E-state index in [1.807, 2.05) is 45.1 Å². The number of carbonyl (C=O) groups excluding carboxylic acids is 5. The molecule has 2 bridgehead atoms. The number of piperidine rings is 1. The Morgan fingerprint density at radius 3 is 2.26 bits per heavy atom. The molecule has 3 aliphatic heterocycles. The largest absolute Gasteiger partial charge is 0.460 e. The highest BCUT2D eigenvalue weighted by molar-refractivity contribution is 6.39. The number of ether oxygens (including phenoxy) is 5. The van der Waals surface area contributed by atoms with Gasteiger partial charge in [0.25, 0.3) is 11.7 Å². The van der Waals surface area contributed by atoms with Gasteiger partial charge < -0.3 is 43.9 Å². The number of nitrogens with zero attached hydrogens (tertiary/aromatic N) is 1. The van der Waals surface area contributed by atoms with Gasteiger partial charge in [-0.2, -0.15) is 0 Å². The molecule has 4 rings (SSSR count). The summed E-state index contributed by atoms with van der Waals surface area (Å²) in [4.78, 5) is 72.0. The topological polar surface area (TPSA) is 195 Å². The van der Waals surface area contributed by atoms with E-state index < -0.39 is 83.9 Å². The number of ketones is 3. The number of aliphatic hydroxyl groups excluding tert-OH is 2. The second-order valence-electron chi connectivity index (χ2n) is 19.8. The smallest absolute Gasteiger partial charge is 0.329 e. The Labute approximate surface area is 393 Å². The van der Waals surface area contributed by atoms with Gasteiger partial charge in [-0.1, -0.05) is 71.1 Å². The fraction of sp³-hybridized carbons (Fsp3) is 0.750. The summed E-state index contributed by atoms with van der Waals surface area (Å²) >= 11 is 0. The Hall–Kier alpha value is -3.37. The van der Waals surface area contributed by atoms with Gasteiger partial charge in [-0.25, -0.2) is 4.79 Å². The van der Waals surface area contributed by atoms with Crippen molar-refractivity contribution < 1.29 is 63.0 Å². The van der Waals surface area contributed by atoms with Gasteiger partial charge in [-0.05, 0) is 113 Å². The number of Topliss-reactive ketones (excluding diaryl/α,β-unsaturated/α-hetero) is 3. The summed E-state index contributed by atoms with van der Waals surface area (Å²) in [6, 6.07) is -1.14. The first-order valence-corrected chi connectivity index (χ1v) is 24.5. The Kier molecular flexibility index (Phi) is 21.6. The van der Waals surface area contributed by atoms with E-state index in [9.17, 15) is 39.3 Å². The van der Waals surface area contributed by atoms with Crippen LogP contribution in [0.2, 0.25) is 0 Å². The van der Waals surface area contributed by atoms with Crippen LogP contribution in [-0.2, 0) is 47.7 Å². The highest BCUT2D eigenvalue weighted by Crippen LogP contribution is 2.38. The molecule has 3 N–H and O–H groups in total. The molecule has 15 atom stereocenters. The van der Waals surface area contributed by atoms with Crippen molar-refractivity contribution in [1.29, 1.82) is 0 Å². The molecule has 14 heteroatoms. The van der Waals surface area contributed by atoms with E-state index in [0.717, 1.165) is 18.4 Å². The van der Waals surface area contributed by atoms with Crippen LogP contribution in [0.3, 0.4) is 0 Å². The zero-order valence-electron chi connectivity index (χ0n) is 41.3. The minimum absolute atomic E-state index is 0.0702. The van der Waals surface area contributed by atoms with E-state index in [2.05, 4.69) is 13.0 Å². The zero-order valence-corrected chi connectivity index (χ0v) is 41.3. The molecule has 66 heavy (non-hydrogen) atoms. The highest BCUT2D eigenvalue weighted by Gasteiger charge is 2.53. The van der Waals surface area contributed by atoms with Gasteiger partial charge in [0.15, 0.2) is 5.78 Å². The number of methoxy groups -OCH3 is 3. The Morgan fingerprint density at radius 1 is 0.864 bits per heavy atom. The van der Waals surface area contributed by atoms with Crippen LogP contribution in [0.5, 0.6) is 0 Å². The van der Waals surface area contributed by atoms with Crippen molar-refractivity contribution in [3.63, 3.8) is 0 Å². The molecule has 372 valence electrons. The van der Waals surface area contributed by atoms with Crippen LogP contribution in [0.4, 0.5) is 0 Å². The summed E-state index contributed by atoms with van der Waals surface area (Å²) < 4.78 is 29.4. The van der Waals surface area contributed by atoms with Crippen molar-refractivity contribution in [1.82, 2.24) is 4.90 Å². The fourth-order valence-corrected chi connectivity index (χ4v) is 10.3. The lowest BCUT2D eigenvalue weighted by molar-refractivity contribution is -0.265. The Balaban J connectivity index is 1.71. The summed E-state index contributed by atoms with van der Waals surface area (Å²) in [5.41, 5.74) is 1.27. The predicted molar refractivity (Wildman–Crippen MR) is 250 cm³/mol. The minimum Gasteiger partial charge on any atom is -0.460 e. The molecule has 2 saturated heterocycles. The molecular formula is C52H81NO13. The standard InChI is InChI=1S/C52H81NO13/c1-11-37-18-14-12-13-17-31(2)43(62-8)29-39-22-20-36(7)52(61,66-39)49(58)50(59)53-24-16-15-19-40(53)51(60)65-44(33(4)26-38-21-23-41(54)45(28-38)63-9)30-42(55)32(3)25-34(5)46(56)48(64-10)47(57)35(6)27-37/h12-14,17-18,25,32-33,35-41,43-46,48,54,56,61H,11,15-16,19-24,26-30H2,1-10H3/t32-,33-,35-,36-,37-,38+,39+,40+,41-,43+,44+,45-,46-,48-,52-/m1/s1. The van der Waals surface area contributed by atoms with Gasteiger partial charge in [-0.3, -0.25) is 19.2 Å². The molecule has 3 fully saturated rings. The van der Waals surface area contributed by atoms with Crippen LogP contribution in [0.1, 0.15) is 132 Å². The number of fused-ring (bicyclic) bond motifs is 3. The summed E-state index contributed by atoms with van der Waals surface area (Å²) in [5.74, 6) is -7.89. The molecule has 1 aliphatic carbocycles. The van der Waals surface area contributed by atoms with Gasteiger partial charge in [0.2, 0.25) is 5.79 Å². The van der Waals surface area contributed by atoms with Crippen LogP contribution in [0.25, 0.3) is 0 Å². The number of cyclic esters (lactones) is 1. The number of aliphatic hydroxyl groups is 3. The van der Waals surface area contributed by atoms with E-state index in [4.69, 9.17) is 23.7 Å². The third kappa shape index (κ3) is 14.3. The summed E-state index contributed by atoms with van der Waals surface area (Å²) in [5, 5.41) is 33.9. The Morgan fingerprint density at radius 2 is 1.59 bits per heavy atom. The number of hydrogen-bond donors (Lipinski definition) is 3. The van der Waals surface area contributed by atoms with Crippen LogP contribution in [0.15, 0.2) is 47.6 Å². The van der Waals surface area contributed by atoms with Crippen molar-refractivity contribution >= 4 is 29.2 Å². The number of allylic oxidation sites excluding steroid dienone is 6. The predicted octanol–water partition coefficient (Wildman–Crippen LogP) is 6.57. The molecule has 0 unspecified atom stereocenters. The molecule has 1 saturated carbocycles. The molecule has 0 spiro atoms. The van der Waals surface area contributed by atoms with Crippen LogP contribution < -0.4 is 0 Å². The zero-order chi connectivity index (χ0) is 48.9. The van der Waals surface area contributed by atoms with Gasteiger partial charge >= 0.3 is 5.97 Å². The molecule has 0 aromatic rings. The van der Waals surface area contributed by atoms with Gasteiger partial charge in [0.1, 0.15) is 30.1 Å². The first-order chi connectivity index (χ1) is 31.3. The third-order valence-corrected chi connectivity index (χ3v) is 14.9. The Bertz CT molecular complexity index is 1770. The second kappa shape index (κ2) is 25.8.